The molecular weight excluding hydrogens is 201 g/mol. The Kier molecular flexibility index (Phi) is 2.02. The standard InChI is InChI=1S/C10H4FNOS/c11-9-5-14-10-7(9)2-1-6(4-13)8(10)3-12/h1-2,4-5H. The zero-order valence-corrected chi connectivity index (χ0v) is 7.77. The lowest BCUT2D eigenvalue weighted by Gasteiger charge is -1.96. The third kappa shape index (κ3) is 1.10. The summed E-state index contributed by atoms with van der Waals surface area (Å²) in [5.74, 6) is -0.348. The van der Waals surface area contributed by atoms with Crippen LogP contribution in [0.25, 0.3) is 10.1 Å². The van der Waals surface area contributed by atoms with Gasteiger partial charge in [0.25, 0.3) is 0 Å². The van der Waals surface area contributed by atoms with Crippen LogP contribution in [0.5, 0.6) is 0 Å². The van der Waals surface area contributed by atoms with Gasteiger partial charge in [0.15, 0.2) is 6.29 Å². The van der Waals surface area contributed by atoms with E-state index in [1.165, 1.54) is 17.5 Å². The third-order valence-corrected chi connectivity index (χ3v) is 2.95. The van der Waals surface area contributed by atoms with Gasteiger partial charge in [-0.15, -0.1) is 11.3 Å². The molecule has 2 aromatic rings. The number of aldehydes is 1. The fourth-order valence-corrected chi connectivity index (χ4v) is 2.22. The molecule has 2 rings (SSSR count). The SMILES string of the molecule is N#Cc1c(C=O)ccc2c(F)csc12. The van der Waals surface area contributed by atoms with Gasteiger partial charge in [0, 0.05) is 16.3 Å². The summed E-state index contributed by atoms with van der Waals surface area (Å²) in [4.78, 5) is 10.6. The van der Waals surface area contributed by atoms with Crippen molar-refractivity contribution in [1.29, 1.82) is 5.26 Å². The zero-order chi connectivity index (χ0) is 10.1. The van der Waals surface area contributed by atoms with Gasteiger partial charge in [-0.2, -0.15) is 5.26 Å². The van der Waals surface area contributed by atoms with Gasteiger partial charge in [-0.25, -0.2) is 4.39 Å². The molecule has 0 aliphatic carbocycles. The average Bonchev–Trinajstić information content (AvgIpc) is 2.59. The number of benzene rings is 1. The molecule has 0 aliphatic heterocycles. The minimum atomic E-state index is -0.348. The minimum Gasteiger partial charge on any atom is -0.298 e. The Hall–Kier alpha value is -1.73. The normalized spacial score (nSPS) is 10.0. The molecule has 1 aromatic carbocycles. The van der Waals surface area contributed by atoms with Crippen molar-refractivity contribution >= 4 is 27.7 Å². The second kappa shape index (κ2) is 3.20. The quantitative estimate of drug-likeness (QED) is 0.671. The highest BCUT2D eigenvalue weighted by Gasteiger charge is 2.11. The first kappa shape index (κ1) is 8.85. The smallest absolute Gasteiger partial charge is 0.151 e. The number of nitriles is 1. The van der Waals surface area contributed by atoms with Gasteiger partial charge in [-0.1, -0.05) is 0 Å². The predicted octanol–water partition coefficient (Wildman–Crippen LogP) is 2.72. The van der Waals surface area contributed by atoms with Gasteiger partial charge in [0.1, 0.15) is 11.9 Å². The molecule has 4 heteroatoms. The summed E-state index contributed by atoms with van der Waals surface area (Å²) in [7, 11) is 0. The molecule has 0 N–H and O–H groups in total. The van der Waals surface area contributed by atoms with Crippen LogP contribution in [0.4, 0.5) is 4.39 Å². The number of carbonyl (C=O) groups excluding carboxylic acids is 1. The Morgan fingerprint density at radius 1 is 1.50 bits per heavy atom. The fraction of sp³-hybridized carbons (Fsp3) is 0. The van der Waals surface area contributed by atoms with Crippen molar-refractivity contribution in [2.24, 2.45) is 0 Å². The van der Waals surface area contributed by atoms with Crippen LogP contribution < -0.4 is 0 Å². The maximum Gasteiger partial charge on any atom is 0.151 e. The highest BCUT2D eigenvalue weighted by Crippen LogP contribution is 2.29. The highest BCUT2D eigenvalue weighted by atomic mass is 32.1. The largest absolute Gasteiger partial charge is 0.298 e. The third-order valence-electron chi connectivity index (χ3n) is 1.97. The lowest BCUT2D eigenvalue weighted by molar-refractivity contribution is 0.112. The number of rotatable bonds is 1. The van der Waals surface area contributed by atoms with Crippen molar-refractivity contribution < 1.29 is 9.18 Å². The number of hydrogen-bond donors (Lipinski definition) is 0. The topological polar surface area (TPSA) is 40.9 Å². The number of carbonyl (C=O) groups is 1. The number of fused-ring (bicyclic) bond motifs is 1. The second-order valence-electron chi connectivity index (χ2n) is 2.72. The van der Waals surface area contributed by atoms with E-state index in [-0.39, 0.29) is 11.4 Å². The van der Waals surface area contributed by atoms with Crippen LogP contribution in [0.2, 0.25) is 0 Å². The van der Waals surface area contributed by atoms with E-state index >= 15 is 0 Å². The maximum atomic E-state index is 13.1. The van der Waals surface area contributed by atoms with Gasteiger partial charge in [0.05, 0.1) is 10.3 Å². The number of thiophene rings is 1. The summed E-state index contributed by atoms with van der Waals surface area (Å²) in [6, 6.07) is 4.90. The Balaban J connectivity index is 2.93. The second-order valence-corrected chi connectivity index (χ2v) is 3.60. The van der Waals surface area contributed by atoms with Gasteiger partial charge < -0.3 is 0 Å². The summed E-state index contributed by atoms with van der Waals surface area (Å²) in [6.07, 6.45) is 0.607. The van der Waals surface area contributed by atoms with Crippen molar-refractivity contribution in [2.75, 3.05) is 0 Å². The maximum absolute atomic E-state index is 13.1. The Labute approximate surface area is 83.2 Å². The molecule has 0 fully saturated rings. The van der Waals surface area contributed by atoms with Gasteiger partial charge >= 0.3 is 0 Å². The van der Waals surface area contributed by atoms with Gasteiger partial charge in [0.2, 0.25) is 0 Å². The van der Waals surface area contributed by atoms with E-state index in [9.17, 15) is 9.18 Å². The first-order chi connectivity index (χ1) is 6.77. The first-order valence-electron chi connectivity index (χ1n) is 3.83. The van der Waals surface area contributed by atoms with Crippen molar-refractivity contribution in [3.63, 3.8) is 0 Å². The molecular formula is C10H4FNOS. The fourth-order valence-electron chi connectivity index (χ4n) is 1.30. The summed E-state index contributed by atoms with van der Waals surface area (Å²) in [6.45, 7) is 0. The molecule has 0 bridgehead atoms. The van der Waals surface area contributed by atoms with E-state index in [4.69, 9.17) is 5.26 Å². The predicted molar refractivity (Wildman–Crippen MR) is 51.9 cm³/mol. The monoisotopic (exact) mass is 205 g/mol. The van der Waals surface area contributed by atoms with E-state index in [2.05, 4.69) is 0 Å². The summed E-state index contributed by atoms with van der Waals surface area (Å²) >= 11 is 1.14. The average molecular weight is 205 g/mol. The molecule has 0 aliphatic rings. The van der Waals surface area contributed by atoms with E-state index in [0.29, 0.717) is 21.9 Å². The summed E-state index contributed by atoms with van der Waals surface area (Å²) in [5, 5.41) is 10.6. The molecule has 0 radical (unpaired) electrons. The molecule has 0 spiro atoms. The Bertz CT molecular complexity index is 553. The number of nitrogens with zero attached hydrogens (tertiary/aromatic N) is 1. The Morgan fingerprint density at radius 3 is 2.93 bits per heavy atom. The van der Waals surface area contributed by atoms with Crippen LogP contribution in [0.15, 0.2) is 17.5 Å². The van der Waals surface area contributed by atoms with Gasteiger partial charge in [-0.3, -0.25) is 4.79 Å². The molecule has 0 saturated heterocycles. The van der Waals surface area contributed by atoms with Crippen LogP contribution in [-0.2, 0) is 0 Å². The van der Waals surface area contributed by atoms with Crippen LogP contribution in [0.1, 0.15) is 15.9 Å². The number of hydrogen-bond acceptors (Lipinski definition) is 3. The van der Waals surface area contributed by atoms with E-state index in [0.717, 1.165) is 11.3 Å². The molecule has 1 heterocycles. The van der Waals surface area contributed by atoms with E-state index in [1.54, 1.807) is 0 Å². The van der Waals surface area contributed by atoms with Crippen LogP contribution >= 0.6 is 11.3 Å². The van der Waals surface area contributed by atoms with E-state index in [1.807, 2.05) is 6.07 Å². The highest BCUT2D eigenvalue weighted by molar-refractivity contribution is 7.17. The molecule has 2 nitrogen and oxygen atoms in total. The van der Waals surface area contributed by atoms with Crippen LogP contribution in [0.3, 0.4) is 0 Å². The van der Waals surface area contributed by atoms with Crippen molar-refractivity contribution in [1.82, 2.24) is 0 Å². The molecule has 1 aromatic heterocycles. The van der Waals surface area contributed by atoms with Crippen LogP contribution in [-0.4, -0.2) is 6.29 Å². The molecule has 0 saturated carbocycles. The van der Waals surface area contributed by atoms with Crippen molar-refractivity contribution in [3.05, 3.63) is 34.5 Å². The molecule has 14 heavy (non-hydrogen) atoms. The lowest BCUT2D eigenvalue weighted by Crippen LogP contribution is -1.86. The molecule has 0 atom stereocenters. The lowest BCUT2D eigenvalue weighted by atomic mass is 10.1. The van der Waals surface area contributed by atoms with Gasteiger partial charge in [-0.05, 0) is 12.1 Å². The van der Waals surface area contributed by atoms with E-state index < -0.39 is 0 Å². The van der Waals surface area contributed by atoms with Crippen molar-refractivity contribution in [2.45, 2.75) is 0 Å². The molecule has 0 unspecified atom stereocenters. The molecule has 0 amide bonds. The Morgan fingerprint density at radius 2 is 2.29 bits per heavy atom. The first-order valence-corrected chi connectivity index (χ1v) is 4.71. The molecule has 68 valence electrons. The zero-order valence-electron chi connectivity index (χ0n) is 6.95. The summed E-state index contributed by atoms with van der Waals surface area (Å²) < 4.78 is 13.6. The van der Waals surface area contributed by atoms with Crippen molar-refractivity contribution in [3.8, 4) is 6.07 Å². The van der Waals surface area contributed by atoms with Crippen LogP contribution in [0, 0.1) is 17.1 Å². The summed E-state index contributed by atoms with van der Waals surface area (Å²) in [5.41, 5.74) is 0.563. The minimum absolute atomic E-state index is 0.256. The number of halogens is 1.